The van der Waals surface area contributed by atoms with Gasteiger partial charge < -0.3 is 11.1 Å². The van der Waals surface area contributed by atoms with Gasteiger partial charge in [0.15, 0.2) is 0 Å². The highest BCUT2D eigenvalue weighted by molar-refractivity contribution is 6.04. The highest BCUT2D eigenvalue weighted by atomic mass is 16.1. The SMILES string of the molecule is N[C@H]1C[C@H]1c1ccc(NC(=O)c2ccccc2)cc1. The second kappa shape index (κ2) is 4.86. The number of nitrogens with one attached hydrogen (secondary N) is 1. The monoisotopic (exact) mass is 252 g/mol. The normalized spacial score (nSPS) is 20.9. The van der Waals surface area contributed by atoms with Crippen LogP contribution in [0.1, 0.15) is 28.3 Å². The second-order valence-corrected chi connectivity index (χ2v) is 4.95. The maximum atomic E-state index is 12.0. The maximum Gasteiger partial charge on any atom is 0.255 e. The van der Waals surface area contributed by atoms with Crippen molar-refractivity contribution in [2.75, 3.05) is 5.32 Å². The smallest absolute Gasteiger partial charge is 0.255 e. The molecule has 2 atom stereocenters. The van der Waals surface area contributed by atoms with Gasteiger partial charge in [0.05, 0.1) is 0 Å². The number of amides is 1. The van der Waals surface area contributed by atoms with Crippen molar-refractivity contribution in [1.29, 1.82) is 0 Å². The summed E-state index contributed by atoms with van der Waals surface area (Å²) in [5, 5.41) is 2.89. The van der Waals surface area contributed by atoms with E-state index in [1.54, 1.807) is 12.1 Å². The average Bonchev–Trinajstić information content (AvgIpc) is 3.18. The Balaban J connectivity index is 1.68. The first-order valence-electron chi connectivity index (χ1n) is 6.46. The van der Waals surface area contributed by atoms with E-state index in [9.17, 15) is 4.79 Å². The Kier molecular flexibility index (Phi) is 3.05. The van der Waals surface area contributed by atoms with Gasteiger partial charge in [-0.3, -0.25) is 4.79 Å². The van der Waals surface area contributed by atoms with Crippen molar-refractivity contribution in [2.45, 2.75) is 18.4 Å². The molecule has 2 aromatic carbocycles. The van der Waals surface area contributed by atoms with Gasteiger partial charge in [0.1, 0.15) is 0 Å². The van der Waals surface area contributed by atoms with Crippen LogP contribution in [0.4, 0.5) is 5.69 Å². The van der Waals surface area contributed by atoms with E-state index in [4.69, 9.17) is 5.73 Å². The molecule has 1 aliphatic carbocycles. The molecule has 0 saturated heterocycles. The van der Waals surface area contributed by atoms with Gasteiger partial charge in [-0.25, -0.2) is 0 Å². The van der Waals surface area contributed by atoms with Crippen molar-refractivity contribution in [2.24, 2.45) is 5.73 Å². The summed E-state index contributed by atoms with van der Waals surface area (Å²) in [6, 6.07) is 17.5. The highest BCUT2D eigenvalue weighted by Gasteiger charge is 2.34. The molecular formula is C16H16N2O. The molecule has 3 heteroatoms. The molecular weight excluding hydrogens is 236 g/mol. The molecule has 0 heterocycles. The van der Waals surface area contributed by atoms with E-state index in [2.05, 4.69) is 5.32 Å². The summed E-state index contributed by atoms with van der Waals surface area (Å²) >= 11 is 0. The summed E-state index contributed by atoms with van der Waals surface area (Å²) in [5.74, 6) is 0.412. The van der Waals surface area contributed by atoms with Crippen molar-refractivity contribution < 1.29 is 4.79 Å². The molecule has 96 valence electrons. The fourth-order valence-corrected chi connectivity index (χ4v) is 2.20. The highest BCUT2D eigenvalue weighted by Crippen LogP contribution is 2.39. The Morgan fingerprint density at radius 3 is 2.26 bits per heavy atom. The molecule has 1 aliphatic rings. The molecule has 19 heavy (non-hydrogen) atoms. The van der Waals surface area contributed by atoms with E-state index >= 15 is 0 Å². The van der Waals surface area contributed by atoms with Gasteiger partial charge >= 0.3 is 0 Å². The van der Waals surface area contributed by atoms with Crippen LogP contribution in [0.5, 0.6) is 0 Å². The van der Waals surface area contributed by atoms with Crippen LogP contribution in [0, 0.1) is 0 Å². The van der Waals surface area contributed by atoms with Crippen molar-refractivity contribution >= 4 is 11.6 Å². The first-order valence-corrected chi connectivity index (χ1v) is 6.46. The van der Waals surface area contributed by atoms with Crippen LogP contribution in [-0.2, 0) is 0 Å². The number of carbonyl (C=O) groups excluding carboxylic acids is 1. The zero-order valence-electron chi connectivity index (χ0n) is 10.5. The molecule has 0 aliphatic heterocycles. The Labute approximate surface area is 112 Å². The lowest BCUT2D eigenvalue weighted by Gasteiger charge is -2.06. The fourth-order valence-electron chi connectivity index (χ4n) is 2.20. The van der Waals surface area contributed by atoms with E-state index in [-0.39, 0.29) is 5.91 Å². The number of anilines is 1. The van der Waals surface area contributed by atoms with Gasteiger partial charge in [-0.15, -0.1) is 0 Å². The van der Waals surface area contributed by atoms with Crippen LogP contribution in [-0.4, -0.2) is 11.9 Å². The van der Waals surface area contributed by atoms with E-state index in [0.717, 1.165) is 12.1 Å². The molecule has 0 bridgehead atoms. The van der Waals surface area contributed by atoms with Crippen LogP contribution in [0.2, 0.25) is 0 Å². The van der Waals surface area contributed by atoms with Gasteiger partial charge in [-0.1, -0.05) is 30.3 Å². The summed E-state index contributed by atoms with van der Waals surface area (Å²) in [6.45, 7) is 0. The fraction of sp³-hybridized carbons (Fsp3) is 0.188. The first kappa shape index (κ1) is 11.9. The van der Waals surface area contributed by atoms with Gasteiger partial charge in [-0.05, 0) is 36.2 Å². The maximum absolute atomic E-state index is 12.0. The Hall–Kier alpha value is -2.13. The predicted molar refractivity (Wildman–Crippen MR) is 76.2 cm³/mol. The van der Waals surface area contributed by atoms with Crippen molar-refractivity contribution in [3.63, 3.8) is 0 Å². The summed E-state index contributed by atoms with van der Waals surface area (Å²) < 4.78 is 0. The number of hydrogen-bond donors (Lipinski definition) is 2. The molecule has 0 spiro atoms. The Morgan fingerprint density at radius 1 is 1.05 bits per heavy atom. The molecule has 3 rings (SSSR count). The lowest BCUT2D eigenvalue weighted by Crippen LogP contribution is -2.11. The molecule has 3 N–H and O–H groups in total. The minimum Gasteiger partial charge on any atom is -0.327 e. The Morgan fingerprint density at radius 2 is 1.68 bits per heavy atom. The van der Waals surface area contributed by atoms with E-state index in [1.165, 1.54) is 5.56 Å². The average molecular weight is 252 g/mol. The molecule has 1 amide bonds. The minimum atomic E-state index is -0.0866. The Bertz CT molecular complexity index is 577. The standard InChI is InChI=1S/C16H16N2O/c17-15-10-14(15)11-6-8-13(9-7-11)18-16(19)12-4-2-1-3-5-12/h1-9,14-15H,10,17H2,(H,18,19)/t14-,15-/m0/s1. The van der Waals surface area contributed by atoms with E-state index < -0.39 is 0 Å². The minimum absolute atomic E-state index is 0.0866. The number of benzene rings is 2. The van der Waals surface area contributed by atoms with Crippen molar-refractivity contribution in [3.05, 3.63) is 65.7 Å². The molecule has 1 fully saturated rings. The second-order valence-electron chi connectivity index (χ2n) is 4.95. The quantitative estimate of drug-likeness (QED) is 0.882. The van der Waals surface area contributed by atoms with Gasteiger partial charge in [0, 0.05) is 23.2 Å². The van der Waals surface area contributed by atoms with Crippen molar-refractivity contribution in [1.82, 2.24) is 0 Å². The van der Waals surface area contributed by atoms with E-state index in [1.807, 2.05) is 42.5 Å². The summed E-state index contributed by atoms with van der Waals surface area (Å²) in [4.78, 5) is 12.0. The van der Waals surface area contributed by atoms with Crippen LogP contribution in [0.25, 0.3) is 0 Å². The number of rotatable bonds is 3. The van der Waals surface area contributed by atoms with E-state index in [0.29, 0.717) is 17.5 Å². The summed E-state index contributed by atoms with van der Waals surface area (Å²) in [7, 11) is 0. The molecule has 2 aromatic rings. The summed E-state index contributed by atoms with van der Waals surface area (Å²) in [5.41, 5.74) is 8.55. The number of carbonyl (C=O) groups is 1. The zero-order chi connectivity index (χ0) is 13.2. The van der Waals surface area contributed by atoms with Gasteiger partial charge in [-0.2, -0.15) is 0 Å². The molecule has 0 radical (unpaired) electrons. The largest absolute Gasteiger partial charge is 0.327 e. The van der Waals surface area contributed by atoms with Gasteiger partial charge in [0.25, 0.3) is 5.91 Å². The molecule has 3 nitrogen and oxygen atoms in total. The van der Waals surface area contributed by atoms with Crippen LogP contribution >= 0.6 is 0 Å². The van der Waals surface area contributed by atoms with Crippen molar-refractivity contribution in [3.8, 4) is 0 Å². The summed E-state index contributed by atoms with van der Waals surface area (Å²) in [6.07, 6.45) is 1.07. The third-order valence-electron chi connectivity index (χ3n) is 3.47. The third-order valence-corrected chi connectivity index (χ3v) is 3.47. The molecule has 0 aromatic heterocycles. The number of hydrogen-bond acceptors (Lipinski definition) is 2. The lowest BCUT2D eigenvalue weighted by atomic mass is 10.1. The van der Waals surface area contributed by atoms with Crippen LogP contribution in [0.15, 0.2) is 54.6 Å². The first-order chi connectivity index (χ1) is 9.24. The zero-order valence-corrected chi connectivity index (χ0v) is 10.5. The van der Waals surface area contributed by atoms with Crippen LogP contribution in [0.3, 0.4) is 0 Å². The lowest BCUT2D eigenvalue weighted by molar-refractivity contribution is 0.102. The number of nitrogens with two attached hydrogens (primary N) is 1. The third kappa shape index (κ3) is 2.66. The predicted octanol–water partition coefficient (Wildman–Crippen LogP) is 2.75. The molecule has 0 unspecified atom stereocenters. The topological polar surface area (TPSA) is 55.1 Å². The van der Waals surface area contributed by atoms with Gasteiger partial charge in [0.2, 0.25) is 0 Å². The molecule has 1 saturated carbocycles. The van der Waals surface area contributed by atoms with Crippen LogP contribution < -0.4 is 11.1 Å².